The van der Waals surface area contributed by atoms with Gasteiger partial charge in [-0.25, -0.2) is 9.48 Å². The molecule has 0 spiro atoms. The number of carbonyl (C=O) groups is 2. The lowest BCUT2D eigenvalue weighted by molar-refractivity contribution is -0.141. The van der Waals surface area contributed by atoms with Crippen molar-refractivity contribution in [3.8, 4) is 5.69 Å². The van der Waals surface area contributed by atoms with E-state index in [4.69, 9.17) is 9.84 Å². The number of hydrogen-bond acceptors (Lipinski definition) is 4. The first kappa shape index (κ1) is 18.5. The first-order valence-corrected chi connectivity index (χ1v) is 6.98. The molecule has 2 N–H and O–H groups in total. The molecule has 0 saturated carbocycles. The van der Waals surface area contributed by atoms with Crippen LogP contribution in [0.2, 0.25) is 0 Å². The van der Waals surface area contributed by atoms with Crippen molar-refractivity contribution in [3.05, 3.63) is 47.8 Å². The largest absolute Gasteiger partial charge is 0.480 e. The minimum atomic E-state index is -4.57. The Hall–Kier alpha value is -2.88. The number of rotatable bonds is 6. The lowest BCUT2D eigenvalue weighted by Gasteiger charge is -2.14. The molecule has 7 nitrogen and oxygen atoms in total. The molecule has 0 saturated heterocycles. The van der Waals surface area contributed by atoms with E-state index in [0.717, 1.165) is 16.9 Å². The third-order valence-corrected chi connectivity index (χ3v) is 3.19. The van der Waals surface area contributed by atoms with Crippen molar-refractivity contribution in [2.75, 3.05) is 13.7 Å². The summed E-state index contributed by atoms with van der Waals surface area (Å²) in [6.07, 6.45) is -3.46. The Balaban J connectivity index is 2.22. The lowest BCUT2D eigenvalue weighted by Crippen LogP contribution is -2.43. The van der Waals surface area contributed by atoms with Crippen LogP contribution in [0.25, 0.3) is 5.69 Å². The maximum absolute atomic E-state index is 12.6. The Labute approximate surface area is 140 Å². The maximum atomic E-state index is 12.6. The van der Waals surface area contributed by atoms with Gasteiger partial charge in [-0.15, -0.1) is 0 Å². The van der Waals surface area contributed by atoms with Crippen molar-refractivity contribution in [2.45, 2.75) is 12.2 Å². The molecule has 0 radical (unpaired) electrons. The molecule has 1 atom stereocenters. The van der Waals surface area contributed by atoms with Crippen LogP contribution in [0.3, 0.4) is 0 Å². The molecule has 0 aliphatic heterocycles. The molecule has 0 aliphatic rings. The number of benzene rings is 1. The van der Waals surface area contributed by atoms with Gasteiger partial charge in [0.1, 0.15) is 0 Å². The van der Waals surface area contributed by atoms with Crippen molar-refractivity contribution in [1.29, 1.82) is 0 Å². The number of carboxylic acid groups (broad SMARTS) is 1. The van der Waals surface area contributed by atoms with E-state index in [1.807, 2.05) is 0 Å². The lowest BCUT2D eigenvalue weighted by atomic mass is 10.1. The van der Waals surface area contributed by atoms with Crippen LogP contribution >= 0.6 is 0 Å². The maximum Gasteiger partial charge on any atom is 0.435 e. The third kappa shape index (κ3) is 4.57. The number of ether oxygens (including phenoxy) is 1. The van der Waals surface area contributed by atoms with Crippen LogP contribution in [-0.2, 0) is 15.7 Å². The summed E-state index contributed by atoms with van der Waals surface area (Å²) in [5.41, 5.74) is -0.765. The van der Waals surface area contributed by atoms with Crippen LogP contribution in [-0.4, -0.2) is 46.5 Å². The van der Waals surface area contributed by atoms with Crippen molar-refractivity contribution in [2.24, 2.45) is 0 Å². The van der Waals surface area contributed by atoms with Gasteiger partial charge >= 0.3 is 12.1 Å². The molecule has 134 valence electrons. The molecule has 10 heteroatoms. The van der Waals surface area contributed by atoms with Gasteiger partial charge in [-0.3, -0.25) is 4.79 Å². The molecule has 0 aliphatic carbocycles. The molecule has 2 rings (SSSR count). The molecule has 1 aromatic heterocycles. The summed E-state index contributed by atoms with van der Waals surface area (Å²) >= 11 is 0. The van der Waals surface area contributed by atoms with Crippen LogP contribution < -0.4 is 5.32 Å². The summed E-state index contributed by atoms with van der Waals surface area (Å²) in [6.45, 7) is -0.227. The fourth-order valence-electron chi connectivity index (χ4n) is 1.99. The van der Waals surface area contributed by atoms with Crippen LogP contribution in [0.15, 0.2) is 36.5 Å². The van der Waals surface area contributed by atoms with Crippen molar-refractivity contribution >= 4 is 11.9 Å². The highest BCUT2D eigenvalue weighted by Gasteiger charge is 2.33. The minimum absolute atomic E-state index is 0.0731. The average Bonchev–Trinajstić information content (AvgIpc) is 3.04. The molecule has 0 bridgehead atoms. The predicted octanol–water partition coefficient (Wildman–Crippen LogP) is 1.72. The van der Waals surface area contributed by atoms with Gasteiger partial charge in [0.25, 0.3) is 5.91 Å². The molecule has 25 heavy (non-hydrogen) atoms. The van der Waals surface area contributed by atoms with Crippen molar-refractivity contribution < 1.29 is 32.6 Å². The highest BCUT2D eigenvalue weighted by atomic mass is 19.4. The molecule has 2 aromatic rings. The zero-order valence-electron chi connectivity index (χ0n) is 12.9. The quantitative estimate of drug-likeness (QED) is 0.821. The van der Waals surface area contributed by atoms with Gasteiger partial charge in [0.15, 0.2) is 11.7 Å². The van der Waals surface area contributed by atoms with E-state index in [-0.39, 0.29) is 17.9 Å². The topological polar surface area (TPSA) is 93.5 Å². The van der Waals surface area contributed by atoms with Gasteiger partial charge in [0.05, 0.1) is 12.3 Å². The summed E-state index contributed by atoms with van der Waals surface area (Å²) in [6, 6.07) is 5.18. The molecule has 1 amide bonds. The zero-order chi connectivity index (χ0) is 18.6. The van der Waals surface area contributed by atoms with E-state index in [1.54, 1.807) is 0 Å². The van der Waals surface area contributed by atoms with Crippen LogP contribution in [0.4, 0.5) is 13.2 Å². The number of alkyl halides is 3. The molecule has 1 unspecified atom stereocenters. The zero-order valence-corrected chi connectivity index (χ0v) is 12.9. The van der Waals surface area contributed by atoms with Crippen molar-refractivity contribution in [1.82, 2.24) is 15.1 Å². The van der Waals surface area contributed by atoms with Gasteiger partial charge in [0, 0.05) is 18.9 Å². The average molecular weight is 357 g/mol. The molecule has 1 heterocycles. The van der Waals surface area contributed by atoms with Gasteiger partial charge in [0.2, 0.25) is 0 Å². The van der Waals surface area contributed by atoms with Gasteiger partial charge in [-0.2, -0.15) is 18.3 Å². The first-order valence-electron chi connectivity index (χ1n) is 6.98. The summed E-state index contributed by atoms with van der Waals surface area (Å²) in [4.78, 5) is 23.2. The Morgan fingerprint density at radius 1 is 1.36 bits per heavy atom. The molecule has 0 fully saturated rings. The Morgan fingerprint density at radius 2 is 2.08 bits per heavy atom. The number of methoxy groups -OCH3 is 1. The Kier molecular flexibility index (Phi) is 5.42. The smallest absolute Gasteiger partial charge is 0.435 e. The molecule has 1 aromatic carbocycles. The van der Waals surface area contributed by atoms with Crippen LogP contribution in [0.1, 0.15) is 16.1 Å². The summed E-state index contributed by atoms with van der Waals surface area (Å²) in [5.74, 6) is -1.97. The van der Waals surface area contributed by atoms with E-state index < -0.39 is 29.8 Å². The number of aromatic nitrogens is 2. The Bertz CT molecular complexity index is 773. The van der Waals surface area contributed by atoms with Gasteiger partial charge in [-0.05, 0) is 24.3 Å². The highest BCUT2D eigenvalue weighted by molar-refractivity contribution is 5.97. The second-order valence-corrected chi connectivity index (χ2v) is 5.01. The summed E-state index contributed by atoms with van der Waals surface area (Å²) in [7, 11) is 1.29. The summed E-state index contributed by atoms with van der Waals surface area (Å²) in [5, 5.41) is 14.7. The third-order valence-electron chi connectivity index (χ3n) is 3.19. The number of aliphatic carboxylic acids is 1. The van der Waals surface area contributed by atoms with E-state index in [1.165, 1.54) is 31.4 Å². The predicted molar refractivity (Wildman–Crippen MR) is 79.3 cm³/mol. The standard InChI is InChI=1S/C15H14F3N3O4/c1-25-8-11(14(23)24)19-13(22)9-3-2-4-10(7-9)21-6-5-12(20-21)15(16,17)18/h2-7,11H,8H2,1H3,(H,19,22)(H,23,24). The second-order valence-electron chi connectivity index (χ2n) is 5.01. The van der Waals surface area contributed by atoms with E-state index in [9.17, 15) is 22.8 Å². The number of carbonyl (C=O) groups excluding carboxylic acids is 1. The van der Waals surface area contributed by atoms with Crippen LogP contribution in [0, 0.1) is 0 Å². The second kappa shape index (κ2) is 7.34. The number of hydrogen-bond donors (Lipinski definition) is 2. The van der Waals surface area contributed by atoms with E-state index in [0.29, 0.717) is 0 Å². The SMILES string of the molecule is COCC(NC(=O)c1cccc(-n2ccc(C(F)(F)F)n2)c1)C(=O)O. The van der Waals surface area contributed by atoms with E-state index >= 15 is 0 Å². The van der Waals surface area contributed by atoms with Gasteiger partial charge < -0.3 is 15.2 Å². The number of amides is 1. The van der Waals surface area contributed by atoms with E-state index in [2.05, 4.69) is 10.4 Å². The Morgan fingerprint density at radius 3 is 2.64 bits per heavy atom. The monoisotopic (exact) mass is 357 g/mol. The normalized spacial score (nSPS) is 12.6. The van der Waals surface area contributed by atoms with Crippen molar-refractivity contribution in [3.63, 3.8) is 0 Å². The highest BCUT2D eigenvalue weighted by Crippen LogP contribution is 2.27. The number of nitrogens with zero attached hydrogens (tertiary/aromatic N) is 2. The number of nitrogens with one attached hydrogen (secondary N) is 1. The molecular formula is C15H14F3N3O4. The number of carboxylic acids is 1. The minimum Gasteiger partial charge on any atom is -0.480 e. The summed E-state index contributed by atoms with van der Waals surface area (Å²) < 4.78 is 43.5. The fourth-order valence-corrected chi connectivity index (χ4v) is 1.99. The fraction of sp³-hybridized carbons (Fsp3) is 0.267. The number of halogens is 3. The van der Waals surface area contributed by atoms with Crippen LogP contribution in [0.5, 0.6) is 0 Å². The van der Waals surface area contributed by atoms with Gasteiger partial charge in [-0.1, -0.05) is 6.07 Å². The molecular weight excluding hydrogens is 343 g/mol. The first-order chi connectivity index (χ1) is 11.7.